The maximum atomic E-state index is 5.81. The number of halogens is 2. The van der Waals surface area contributed by atoms with Crippen LogP contribution in [-0.4, -0.2) is 44.1 Å². The van der Waals surface area contributed by atoms with E-state index < -0.39 is 0 Å². The molecular formula is C27H36ClIN10O4. The summed E-state index contributed by atoms with van der Waals surface area (Å²) in [6.45, 7) is 9.96. The molecule has 16 heteroatoms. The summed E-state index contributed by atoms with van der Waals surface area (Å²) in [7, 11) is 7.77. The van der Waals surface area contributed by atoms with Crippen LogP contribution >= 0.6 is 30.4 Å². The van der Waals surface area contributed by atoms with Gasteiger partial charge in [0.05, 0.1) is 38.0 Å². The number of rotatable bonds is 8. The summed E-state index contributed by atoms with van der Waals surface area (Å²) < 4.78 is 21.9. The van der Waals surface area contributed by atoms with Gasteiger partial charge in [-0.05, 0) is 39.8 Å². The number of hydrogen-bond acceptors (Lipinski definition) is 14. The van der Waals surface area contributed by atoms with Gasteiger partial charge in [0.15, 0.2) is 23.1 Å². The van der Waals surface area contributed by atoms with Gasteiger partial charge in [0.2, 0.25) is 23.7 Å². The molecule has 4 rings (SSSR count). The number of nitrogens with two attached hydrogens (primary N) is 4. The number of aromatic nitrogens is 6. The van der Waals surface area contributed by atoms with Crippen LogP contribution in [0.5, 0.6) is 34.8 Å². The first-order valence-electron chi connectivity index (χ1n) is 12.8. The normalized spacial score (nSPS) is 10.3. The molecule has 0 atom stereocenters. The Morgan fingerprint density at radius 3 is 1.60 bits per heavy atom. The SMILES string of the molecule is COc1ccc(Oc2cnc(N)nc2N)c(C(C)C)n1.COc1nc(C(C)C)c(Oc2cnc(N)nc2N)cc1C.ClI. The predicted octanol–water partition coefficient (Wildman–Crippen LogP) is 5.80. The van der Waals surface area contributed by atoms with Crippen LogP contribution in [0.15, 0.2) is 30.6 Å². The van der Waals surface area contributed by atoms with Crippen molar-refractivity contribution >= 4 is 53.9 Å². The lowest BCUT2D eigenvalue weighted by atomic mass is 10.1. The van der Waals surface area contributed by atoms with Crippen molar-refractivity contribution in [1.29, 1.82) is 0 Å². The van der Waals surface area contributed by atoms with E-state index in [0.29, 0.717) is 34.8 Å². The number of ether oxygens (including phenoxy) is 4. The molecular weight excluding hydrogens is 691 g/mol. The van der Waals surface area contributed by atoms with Crippen molar-refractivity contribution in [2.24, 2.45) is 0 Å². The lowest BCUT2D eigenvalue weighted by Crippen LogP contribution is -2.05. The third-order valence-electron chi connectivity index (χ3n) is 5.56. The van der Waals surface area contributed by atoms with Gasteiger partial charge < -0.3 is 41.9 Å². The van der Waals surface area contributed by atoms with E-state index in [2.05, 4.69) is 38.8 Å². The molecule has 0 saturated heterocycles. The van der Waals surface area contributed by atoms with E-state index in [4.69, 9.17) is 41.9 Å². The number of aryl methyl sites for hydroxylation is 1. The van der Waals surface area contributed by atoms with Crippen molar-refractivity contribution < 1.29 is 18.9 Å². The van der Waals surface area contributed by atoms with Gasteiger partial charge >= 0.3 is 0 Å². The average Bonchev–Trinajstić information content (AvgIpc) is 2.97. The van der Waals surface area contributed by atoms with Gasteiger partial charge in [0, 0.05) is 33.1 Å². The minimum Gasteiger partial charge on any atom is -0.481 e. The smallest absolute Gasteiger partial charge is 0.222 e. The second-order valence-electron chi connectivity index (χ2n) is 9.40. The van der Waals surface area contributed by atoms with Crippen molar-refractivity contribution in [2.45, 2.75) is 46.5 Å². The van der Waals surface area contributed by atoms with E-state index >= 15 is 0 Å². The molecule has 14 nitrogen and oxygen atoms in total. The second-order valence-corrected chi connectivity index (χ2v) is 9.40. The standard InChI is InChI=1S/C14H19N5O2.C13H17N5O2.ClI/c1-7(2)11-9(5-8(3)13(18-11)20-4)21-10-6-17-14(16)19-12(10)15;1-7(2)11-8(4-5-10(17-11)19-3)20-9-6-16-13(15)18-12(9)14;1-2/h5-7H,1-4H3,(H4,15,16,17,19);4-7H,1-3H3,(H4,14,15,16,18);. The van der Waals surface area contributed by atoms with Gasteiger partial charge in [-0.1, -0.05) is 27.7 Å². The summed E-state index contributed by atoms with van der Waals surface area (Å²) in [6.07, 6.45) is 2.88. The summed E-state index contributed by atoms with van der Waals surface area (Å²) in [4.78, 5) is 24.3. The molecule has 0 aliphatic rings. The van der Waals surface area contributed by atoms with E-state index in [1.165, 1.54) is 12.4 Å². The van der Waals surface area contributed by atoms with Crippen molar-refractivity contribution in [3.05, 3.63) is 47.5 Å². The van der Waals surface area contributed by atoms with Crippen LogP contribution in [0.2, 0.25) is 0 Å². The van der Waals surface area contributed by atoms with E-state index in [1.54, 1.807) is 47.8 Å². The summed E-state index contributed by atoms with van der Waals surface area (Å²) in [5.74, 6) is 3.87. The average molecular weight is 727 g/mol. The van der Waals surface area contributed by atoms with Gasteiger partial charge in [0.25, 0.3) is 0 Å². The molecule has 0 aliphatic heterocycles. The summed E-state index contributed by atoms with van der Waals surface area (Å²) in [5.41, 5.74) is 24.9. The van der Waals surface area contributed by atoms with Crippen LogP contribution in [0.3, 0.4) is 0 Å². The molecule has 0 unspecified atom stereocenters. The van der Waals surface area contributed by atoms with Crippen LogP contribution in [0.4, 0.5) is 23.5 Å². The highest BCUT2D eigenvalue weighted by Gasteiger charge is 2.17. The number of hydrogen-bond donors (Lipinski definition) is 4. The quantitative estimate of drug-likeness (QED) is 0.158. The van der Waals surface area contributed by atoms with E-state index in [-0.39, 0.29) is 35.4 Å². The maximum absolute atomic E-state index is 5.81. The number of methoxy groups -OCH3 is 2. The molecule has 0 aliphatic carbocycles. The molecule has 4 aromatic heterocycles. The van der Waals surface area contributed by atoms with Gasteiger partial charge in [-0.25, -0.2) is 19.9 Å². The fourth-order valence-electron chi connectivity index (χ4n) is 3.53. The Hall–Kier alpha value is -4.12. The van der Waals surface area contributed by atoms with Crippen LogP contribution < -0.4 is 41.9 Å². The zero-order valence-corrected chi connectivity index (χ0v) is 27.8. The first-order valence-corrected chi connectivity index (χ1v) is 15.5. The summed E-state index contributed by atoms with van der Waals surface area (Å²) in [6, 6.07) is 5.35. The Bertz CT molecular complexity index is 1510. The molecule has 0 radical (unpaired) electrons. The highest BCUT2D eigenvalue weighted by atomic mass is 127. The third-order valence-corrected chi connectivity index (χ3v) is 5.56. The topological polar surface area (TPSA) is 218 Å². The van der Waals surface area contributed by atoms with Crippen LogP contribution in [0.25, 0.3) is 0 Å². The van der Waals surface area contributed by atoms with Crippen molar-refractivity contribution in [3.8, 4) is 34.8 Å². The second kappa shape index (κ2) is 16.5. The molecule has 0 aromatic carbocycles. The van der Waals surface area contributed by atoms with Gasteiger partial charge in [-0.2, -0.15) is 9.97 Å². The Kier molecular flexibility index (Phi) is 13.5. The minimum absolute atomic E-state index is 0.104. The van der Waals surface area contributed by atoms with Gasteiger partial charge in [-0.3, -0.25) is 0 Å². The van der Waals surface area contributed by atoms with E-state index in [0.717, 1.165) is 17.0 Å². The maximum Gasteiger partial charge on any atom is 0.222 e. The molecule has 43 heavy (non-hydrogen) atoms. The van der Waals surface area contributed by atoms with Crippen molar-refractivity contribution in [1.82, 2.24) is 29.9 Å². The Morgan fingerprint density at radius 2 is 1.16 bits per heavy atom. The highest BCUT2D eigenvalue weighted by Crippen LogP contribution is 2.35. The Balaban J connectivity index is 0.000000284. The largest absolute Gasteiger partial charge is 0.481 e. The zero-order valence-electron chi connectivity index (χ0n) is 24.9. The first kappa shape index (κ1) is 35.1. The first-order chi connectivity index (χ1) is 20.4. The van der Waals surface area contributed by atoms with E-state index in [9.17, 15) is 0 Å². The molecule has 0 saturated carbocycles. The lowest BCUT2D eigenvalue weighted by molar-refractivity contribution is 0.387. The molecule has 0 spiro atoms. The number of nitrogens with zero attached hydrogens (tertiary/aromatic N) is 6. The Labute approximate surface area is 267 Å². The number of nitrogen functional groups attached to an aromatic ring is 4. The Morgan fingerprint density at radius 1 is 0.674 bits per heavy atom. The van der Waals surface area contributed by atoms with E-state index in [1.807, 2.05) is 40.7 Å². The molecule has 0 bridgehead atoms. The third kappa shape index (κ3) is 9.71. The van der Waals surface area contributed by atoms with Gasteiger partial charge in [-0.15, -0.1) is 0 Å². The molecule has 0 amide bonds. The number of pyridine rings is 2. The summed E-state index contributed by atoms with van der Waals surface area (Å²) in [5, 5.41) is 0. The van der Waals surface area contributed by atoms with Crippen molar-refractivity contribution in [2.75, 3.05) is 37.2 Å². The van der Waals surface area contributed by atoms with Crippen molar-refractivity contribution in [3.63, 3.8) is 0 Å². The fraction of sp³-hybridized carbons (Fsp3) is 0.333. The molecule has 0 fully saturated rings. The molecule has 232 valence electrons. The molecule has 8 N–H and O–H groups in total. The monoisotopic (exact) mass is 726 g/mol. The fourth-order valence-corrected chi connectivity index (χ4v) is 3.53. The summed E-state index contributed by atoms with van der Waals surface area (Å²) >= 11 is 1.62. The zero-order chi connectivity index (χ0) is 32.3. The van der Waals surface area contributed by atoms with Crippen LogP contribution in [0, 0.1) is 6.92 Å². The molecule has 4 heterocycles. The minimum atomic E-state index is 0.104. The lowest BCUT2D eigenvalue weighted by Gasteiger charge is -2.16. The predicted molar refractivity (Wildman–Crippen MR) is 176 cm³/mol. The van der Waals surface area contributed by atoms with Crippen LogP contribution in [-0.2, 0) is 0 Å². The van der Waals surface area contributed by atoms with Gasteiger partial charge in [0.1, 0.15) is 11.5 Å². The highest BCUT2D eigenvalue weighted by molar-refractivity contribution is 14.1. The number of anilines is 4. The van der Waals surface area contributed by atoms with Crippen LogP contribution in [0.1, 0.15) is 56.5 Å². The molecule has 4 aromatic rings.